The van der Waals surface area contributed by atoms with Gasteiger partial charge < -0.3 is 9.84 Å². The Morgan fingerprint density at radius 1 is 1.45 bits per heavy atom. The number of carboxylic acid groups (broad SMARTS) is 1. The van der Waals surface area contributed by atoms with Crippen molar-refractivity contribution < 1.29 is 24.2 Å². The molecule has 1 N–H and O–H groups in total. The van der Waals surface area contributed by atoms with Gasteiger partial charge in [-0.15, -0.1) is 0 Å². The first-order valence-electron chi connectivity index (χ1n) is 6.00. The number of hydrogen-bond donors (Lipinski definition) is 1. The quantitative estimate of drug-likeness (QED) is 0.854. The maximum Gasteiger partial charge on any atom is 0.414 e. The fraction of sp³-hybridized carbons (Fsp3) is 0.214. The molecular formula is C14H13NO5. The summed E-state index contributed by atoms with van der Waals surface area (Å²) in [5.74, 6) is -1.24. The zero-order valence-corrected chi connectivity index (χ0v) is 10.7. The van der Waals surface area contributed by atoms with Crippen LogP contribution in [0.5, 0.6) is 0 Å². The third kappa shape index (κ3) is 2.54. The van der Waals surface area contributed by atoms with Crippen LogP contribution >= 0.6 is 0 Å². The molecule has 0 unspecified atom stereocenters. The lowest BCUT2D eigenvalue weighted by Crippen LogP contribution is -2.38. The van der Waals surface area contributed by atoms with Gasteiger partial charge in [-0.05, 0) is 18.2 Å². The van der Waals surface area contributed by atoms with Crippen LogP contribution in [0.15, 0.2) is 30.9 Å². The monoisotopic (exact) mass is 275 g/mol. The molecule has 0 atom stereocenters. The molecule has 0 bridgehead atoms. The first kappa shape index (κ1) is 13.8. The maximum atomic E-state index is 11.9. The first-order valence-corrected chi connectivity index (χ1v) is 6.00. The molecule has 1 aliphatic heterocycles. The summed E-state index contributed by atoms with van der Waals surface area (Å²) >= 11 is 0. The van der Waals surface area contributed by atoms with Crippen molar-refractivity contribution >= 4 is 23.5 Å². The van der Waals surface area contributed by atoms with Crippen LogP contribution in [-0.2, 0) is 4.74 Å². The minimum Gasteiger partial charge on any atom is -0.478 e. The number of rotatable bonds is 3. The van der Waals surface area contributed by atoms with E-state index < -0.39 is 12.1 Å². The molecule has 6 heteroatoms. The second kappa shape index (κ2) is 5.56. The second-order valence-corrected chi connectivity index (χ2v) is 4.23. The van der Waals surface area contributed by atoms with Crippen LogP contribution in [0.1, 0.15) is 27.1 Å². The highest BCUT2D eigenvalue weighted by Gasteiger charge is 2.29. The molecule has 1 heterocycles. The molecule has 20 heavy (non-hydrogen) atoms. The molecule has 0 aromatic heterocycles. The smallest absolute Gasteiger partial charge is 0.414 e. The summed E-state index contributed by atoms with van der Waals surface area (Å²) < 4.78 is 4.93. The van der Waals surface area contributed by atoms with E-state index in [4.69, 9.17) is 9.84 Å². The van der Waals surface area contributed by atoms with Crippen molar-refractivity contribution in [1.82, 2.24) is 0 Å². The Labute approximate surface area is 115 Å². The van der Waals surface area contributed by atoms with Gasteiger partial charge in [-0.2, -0.15) is 0 Å². The van der Waals surface area contributed by atoms with Gasteiger partial charge in [-0.25, -0.2) is 9.59 Å². The Bertz CT molecular complexity index is 593. The molecule has 0 fully saturated rings. The van der Waals surface area contributed by atoms with Crippen LogP contribution < -0.4 is 4.90 Å². The highest BCUT2D eigenvalue weighted by atomic mass is 16.6. The highest BCUT2D eigenvalue weighted by molar-refractivity contribution is 6.08. The summed E-state index contributed by atoms with van der Waals surface area (Å²) in [7, 11) is 0. The number of Topliss-reactive ketones (excluding diaryl/α,β-unsaturated/α-hetero) is 1. The summed E-state index contributed by atoms with van der Waals surface area (Å²) in [6, 6.07) is 4.08. The largest absolute Gasteiger partial charge is 0.478 e. The van der Waals surface area contributed by atoms with Crippen LogP contribution in [0, 0.1) is 0 Å². The van der Waals surface area contributed by atoms with Gasteiger partial charge in [0.15, 0.2) is 5.78 Å². The standard InChI is InChI=1S/C14H13NO5/c1-2-7-20-14(19)15-6-5-12(16)10-4-3-9(13(17)18)8-11(10)15/h2-4,8H,1,5-7H2,(H,17,18). The minimum absolute atomic E-state index is 0.0139. The summed E-state index contributed by atoms with van der Waals surface area (Å²) in [5.41, 5.74) is 0.618. The van der Waals surface area contributed by atoms with E-state index in [1.807, 2.05) is 0 Å². The average Bonchev–Trinajstić information content (AvgIpc) is 2.44. The number of hydrogen-bond acceptors (Lipinski definition) is 4. The van der Waals surface area contributed by atoms with E-state index in [-0.39, 0.29) is 36.6 Å². The lowest BCUT2D eigenvalue weighted by molar-refractivity contribution is 0.0696. The van der Waals surface area contributed by atoms with Crippen LogP contribution in [0.4, 0.5) is 10.5 Å². The van der Waals surface area contributed by atoms with Crippen LogP contribution in [0.25, 0.3) is 0 Å². The van der Waals surface area contributed by atoms with Gasteiger partial charge in [0.1, 0.15) is 6.61 Å². The Morgan fingerprint density at radius 3 is 2.85 bits per heavy atom. The highest BCUT2D eigenvalue weighted by Crippen LogP contribution is 2.28. The summed E-state index contributed by atoms with van der Waals surface area (Å²) in [6.07, 6.45) is 0.991. The molecule has 1 aliphatic rings. The van der Waals surface area contributed by atoms with Crippen molar-refractivity contribution in [3.63, 3.8) is 0 Å². The molecule has 0 saturated carbocycles. The zero-order valence-electron chi connectivity index (χ0n) is 10.7. The van der Waals surface area contributed by atoms with Gasteiger partial charge in [0.25, 0.3) is 0 Å². The molecule has 0 radical (unpaired) electrons. The molecule has 104 valence electrons. The fourth-order valence-electron chi connectivity index (χ4n) is 1.99. The fourth-order valence-corrected chi connectivity index (χ4v) is 1.99. The van der Waals surface area contributed by atoms with Crippen LogP contribution in [-0.4, -0.2) is 36.1 Å². The number of amides is 1. The number of ether oxygens (including phenoxy) is 1. The van der Waals surface area contributed by atoms with Gasteiger partial charge in [0.2, 0.25) is 0 Å². The Kier molecular flexibility index (Phi) is 3.84. The van der Waals surface area contributed by atoms with E-state index in [0.717, 1.165) is 0 Å². The number of carbonyl (C=O) groups is 3. The molecule has 6 nitrogen and oxygen atoms in total. The number of nitrogens with zero attached hydrogens (tertiary/aromatic N) is 1. The van der Waals surface area contributed by atoms with E-state index in [9.17, 15) is 14.4 Å². The summed E-state index contributed by atoms with van der Waals surface area (Å²) in [6.45, 7) is 3.67. The van der Waals surface area contributed by atoms with Crippen LogP contribution in [0.2, 0.25) is 0 Å². The average molecular weight is 275 g/mol. The number of aromatic carboxylic acids is 1. The SMILES string of the molecule is C=CCOC(=O)N1CCC(=O)c2ccc(C(=O)O)cc21. The molecule has 0 aliphatic carbocycles. The van der Waals surface area contributed by atoms with Gasteiger partial charge >= 0.3 is 12.1 Å². The van der Waals surface area contributed by atoms with Crippen molar-refractivity contribution in [2.75, 3.05) is 18.1 Å². The molecular weight excluding hydrogens is 262 g/mol. The van der Waals surface area contributed by atoms with Gasteiger partial charge in [-0.3, -0.25) is 9.69 Å². The summed E-state index contributed by atoms with van der Waals surface area (Å²) in [5, 5.41) is 8.99. The lowest BCUT2D eigenvalue weighted by Gasteiger charge is -2.28. The maximum absolute atomic E-state index is 11.9. The van der Waals surface area contributed by atoms with E-state index in [1.165, 1.54) is 29.2 Å². The summed E-state index contributed by atoms with van der Waals surface area (Å²) in [4.78, 5) is 36.0. The van der Waals surface area contributed by atoms with Gasteiger partial charge in [0, 0.05) is 18.5 Å². The number of fused-ring (bicyclic) bond motifs is 1. The molecule has 1 amide bonds. The molecule has 2 rings (SSSR count). The zero-order chi connectivity index (χ0) is 14.7. The van der Waals surface area contributed by atoms with Crippen molar-refractivity contribution in [2.24, 2.45) is 0 Å². The normalized spacial score (nSPS) is 13.6. The third-order valence-electron chi connectivity index (χ3n) is 2.94. The molecule has 1 aromatic rings. The predicted octanol–water partition coefficient (Wildman–Crippen LogP) is 2.10. The van der Waals surface area contributed by atoms with Gasteiger partial charge in [-0.1, -0.05) is 12.7 Å². The van der Waals surface area contributed by atoms with E-state index in [2.05, 4.69) is 6.58 Å². The first-order chi connectivity index (χ1) is 9.54. The lowest BCUT2D eigenvalue weighted by atomic mass is 9.98. The molecule has 0 saturated heterocycles. The van der Waals surface area contributed by atoms with Crippen molar-refractivity contribution in [1.29, 1.82) is 0 Å². The van der Waals surface area contributed by atoms with Crippen molar-refractivity contribution in [2.45, 2.75) is 6.42 Å². The topological polar surface area (TPSA) is 83.9 Å². The minimum atomic E-state index is -1.12. The second-order valence-electron chi connectivity index (χ2n) is 4.23. The number of carbonyl (C=O) groups excluding carboxylic acids is 2. The Morgan fingerprint density at radius 2 is 2.20 bits per heavy atom. The number of benzene rings is 1. The van der Waals surface area contributed by atoms with E-state index in [0.29, 0.717) is 5.56 Å². The predicted molar refractivity (Wildman–Crippen MR) is 71.2 cm³/mol. The number of ketones is 1. The van der Waals surface area contributed by atoms with Gasteiger partial charge in [0.05, 0.1) is 11.3 Å². The van der Waals surface area contributed by atoms with Crippen molar-refractivity contribution in [3.8, 4) is 0 Å². The Balaban J connectivity index is 2.40. The molecule has 1 aromatic carbocycles. The van der Waals surface area contributed by atoms with E-state index >= 15 is 0 Å². The third-order valence-corrected chi connectivity index (χ3v) is 2.94. The van der Waals surface area contributed by atoms with E-state index in [1.54, 1.807) is 0 Å². The van der Waals surface area contributed by atoms with Crippen molar-refractivity contribution in [3.05, 3.63) is 42.0 Å². The molecule has 0 spiro atoms. The van der Waals surface area contributed by atoms with Crippen LogP contribution in [0.3, 0.4) is 0 Å². The Hall–Kier alpha value is -2.63. The number of carboxylic acids is 1. The number of anilines is 1.